The summed E-state index contributed by atoms with van der Waals surface area (Å²) in [5.74, 6) is 0. The monoisotopic (exact) mass is 552 g/mol. The number of nitrogens with zero attached hydrogens (tertiary/aromatic N) is 2. The van der Waals surface area contributed by atoms with Crippen molar-refractivity contribution < 1.29 is 0 Å². The van der Waals surface area contributed by atoms with Crippen LogP contribution in [0.4, 0.5) is 11.4 Å². The summed E-state index contributed by atoms with van der Waals surface area (Å²) >= 11 is 0. The second-order valence-corrected chi connectivity index (χ2v) is 9.73. The van der Waals surface area contributed by atoms with Gasteiger partial charge in [-0.2, -0.15) is 0 Å². The normalized spacial score (nSPS) is 13.1. The molecule has 42 heavy (non-hydrogen) atoms. The molecular formula is C40H44N2. The van der Waals surface area contributed by atoms with E-state index in [0.717, 1.165) is 28.5 Å². The van der Waals surface area contributed by atoms with Crippen molar-refractivity contribution in [2.45, 2.75) is 41.5 Å². The highest BCUT2D eigenvalue weighted by Gasteiger charge is 2.14. The van der Waals surface area contributed by atoms with Crippen LogP contribution in [-0.4, -0.2) is 0 Å². The van der Waals surface area contributed by atoms with Crippen LogP contribution in [0.3, 0.4) is 0 Å². The first-order chi connectivity index (χ1) is 20.5. The largest absolute Gasteiger partial charge is 0.315 e. The third kappa shape index (κ3) is 7.47. The zero-order valence-corrected chi connectivity index (χ0v) is 26.0. The Kier molecular flexibility index (Phi) is 12.0. The molecule has 0 aliphatic rings. The zero-order valence-electron chi connectivity index (χ0n) is 26.0. The van der Waals surface area contributed by atoms with Crippen LogP contribution in [0, 0.1) is 0 Å². The Labute approximate surface area is 254 Å². The van der Waals surface area contributed by atoms with E-state index in [1.807, 2.05) is 39.0 Å². The molecule has 0 heterocycles. The summed E-state index contributed by atoms with van der Waals surface area (Å²) in [4.78, 5) is 4.46. The van der Waals surface area contributed by atoms with Crippen LogP contribution in [0.15, 0.2) is 170 Å². The molecule has 0 saturated heterocycles. The molecule has 0 aliphatic heterocycles. The van der Waals surface area contributed by atoms with E-state index in [2.05, 4.69) is 153 Å². The van der Waals surface area contributed by atoms with Gasteiger partial charge >= 0.3 is 0 Å². The van der Waals surface area contributed by atoms with Crippen LogP contribution in [0.25, 0.3) is 22.3 Å². The summed E-state index contributed by atoms with van der Waals surface area (Å²) in [6, 6.07) is 26.2. The van der Waals surface area contributed by atoms with E-state index < -0.39 is 0 Å². The number of rotatable bonds is 12. The van der Waals surface area contributed by atoms with E-state index in [-0.39, 0.29) is 0 Å². The molecule has 214 valence electrons. The molecule has 2 nitrogen and oxygen atoms in total. The average molecular weight is 553 g/mol. The molecule has 0 aromatic heterocycles. The summed E-state index contributed by atoms with van der Waals surface area (Å²) in [5, 5.41) is 0. The molecular weight excluding hydrogens is 508 g/mol. The summed E-state index contributed by atoms with van der Waals surface area (Å²) in [5.41, 5.74) is 11.3. The first-order valence-electron chi connectivity index (χ1n) is 14.5. The van der Waals surface area contributed by atoms with Gasteiger partial charge in [-0.05, 0) is 112 Å². The number of hydrogen-bond donors (Lipinski definition) is 0. The highest BCUT2D eigenvalue weighted by Crippen LogP contribution is 2.32. The number of anilines is 2. The fourth-order valence-corrected chi connectivity index (χ4v) is 4.89. The van der Waals surface area contributed by atoms with Crippen molar-refractivity contribution in [2.24, 2.45) is 0 Å². The van der Waals surface area contributed by atoms with Crippen molar-refractivity contribution in [3.63, 3.8) is 0 Å². The van der Waals surface area contributed by atoms with Crippen molar-refractivity contribution >= 4 is 11.4 Å². The fraction of sp³-hybridized carbons (Fsp3) is 0.150. The predicted octanol–water partition coefficient (Wildman–Crippen LogP) is 11.8. The minimum atomic E-state index is 0.965. The Hall–Kier alpha value is -4.82. The molecule has 2 heteroatoms. The Morgan fingerprint density at radius 2 is 0.905 bits per heavy atom. The van der Waals surface area contributed by atoms with Crippen molar-refractivity contribution in [3.05, 3.63) is 170 Å². The lowest BCUT2D eigenvalue weighted by molar-refractivity contribution is 1.08. The Morgan fingerprint density at radius 3 is 1.24 bits per heavy atom. The van der Waals surface area contributed by atoms with Gasteiger partial charge in [-0.1, -0.05) is 98.1 Å². The standard InChI is InChI=1S/C40H44N2/c1-9-16-36(13-5)41(31(8)12-4)39-27-23-34(24-28-39)32-19-21-33(22-20-32)35-25-29-40(30-26-35)42(37(14-6)17-10-2)38(15-7)18-11-3/h9-30H,2,6H2,1,3-5,7-8H3/b16-9-,18-11-,31-12+,36-13+,37-17+,38-15+. The molecule has 0 saturated carbocycles. The van der Waals surface area contributed by atoms with Crippen LogP contribution in [0.2, 0.25) is 0 Å². The maximum absolute atomic E-state index is 4.03. The minimum Gasteiger partial charge on any atom is -0.315 e. The van der Waals surface area contributed by atoms with Crippen molar-refractivity contribution in [1.29, 1.82) is 0 Å². The van der Waals surface area contributed by atoms with Gasteiger partial charge in [-0.25, -0.2) is 0 Å². The molecule has 3 aromatic rings. The SMILES string of the molecule is C=C/C=C(\C=C)N(C(/C=C\C)=C/C)c1ccc(-c2ccc(-c3ccc(N(/C(C)=C/C)C(/C=C\C)=C/C)cc3)cc2)cc1. The van der Waals surface area contributed by atoms with Gasteiger partial charge in [0.15, 0.2) is 0 Å². The molecule has 0 atom stereocenters. The lowest BCUT2D eigenvalue weighted by Crippen LogP contribution is -2.19. The lowest BCUT2D eigenvalue weighted by atomic mass is 9.99. The summed E-state index contributed by atoms with van der Waals surface area (Å²) in [6.45, 7) is 20.3. The molecule has 3 rings (SSSR count). The maximum atomic E-state index is 4.03. The van der Waals surface area contributed by atoms with Gasteiger partial charge in [-0.3, -0.25) is 0 Å². The molecule has 0 aliphatic carbocycles. The molecule has 0 N–H and O–H groups in total. The highest BCUT2D eigenvalue weighted by molar-refractivity contribution is 5.74. The molecule has 0 bridgehead atoms. The predicted molar refractivity (Wildman–Crippen MR) is 187 cm³/mol. The highest BCUT2D eigenvalue weighted by atomic mass is 15.2. The Bertz CT molecular complexity index is 1520. The molecule has 0 radical (unpaired) electrons. The minimum absolute atomic E-state index is 0.965. The first kappa shape index (κ1) is 31.7. The summed E-state index contributed by atoms with van der Waals surface area (Å²) in [6.07, 6.45) is 20.4. The summed E-state index contributed by atoms with van der Waals surface area (Å²) < 4.78 is 0. The van der Waals surface area contributed by atoms with Gasteiger partial charge in [0.1, 0.15) is 0 Å². The quantitative estimate of drug-likeness (QED) is 0.206. The van der Waals surface area contributed by atoms with Crippen LogP contribution in [0.1, 0.15) is 41.5 Å². The smallest absolute Gasteiger partial charge is 0.0461 e. The molecule has 0 unspecified atom stereocenters. The van der Waals surface area contributed by atoms with Gasteiger partial charge in [0, 0.05) is 34.2 Å². The zero-order chi connectivity index (χ0) is 30.5. The van der Waals surface area contributed by atoms with Gasteiger partial charge in [-0.15, -0.1) is 0 Å². The molecule has 0 spiro atoms. The first-order valence-corrected chi connectivity index (χ1v) is 14.5. The third-order valence-electron chi connectivity index (χ3n) is 7.11. The Morgan fingerprint density at radius 1 is 0.524 bits per heavy atom. The summed E-state index contributed by atoms with van der Waals surface area (Å²) in [7, 11) is 0. The maximum Gasteiger partial charge on any atom is 0.0461 e. The van der Waals surface area contributed by atoms with Crippen molar-refractivity contribution in [1.82, 2.24) is 0 Å². The average Bonchev–Trinajstić information content (AvgIpc) is 3.04. The number of allylic oxidation sites excluding steroid dienone is 11. The van der Waals surface area contributed by atoms with E-state index in [4.69, 9.17) is 0 Å². The van der Waals surface area contributed by atoms with Gasteiger partial charge in [0.2, 0.25) is 0 Å². The van der Waals surface area contributed by atoms with Crippen LogP contribution < -0.4 is 9.80 Å². The van der Waals surface area contributed by atoms with E-state index in [9.17, 15) is 0 Å². The number of hydrogen-bond acceptors (Lipinski definition) is 2. The second-order valence-electron chi connectivity index (χ2n) is 9.73. The second kappa shape index (κ2) is 15.8. The van der Waals surface area contributed by atoms with E-state index in [1.165, 1.54) is 28.0 Å². The van der Waals surface area contributed by atoms with Crippen LogP contribution in [0.5, 0.6) is 0 Å². The molecule has 0 amide bonds. The van der Waals surface area contributed by atoms with Gasteiger partial charge in [0.25, 0.3) is 0 Å². The fourth-order valence-electron chi connectivity index (χ4n) is 4.89. The van der Waals surface area contributed by atoms with E-state index >= 15 is 0 Å². The van der Waals surface area contributed by atoms with Gasteiger partial charge < -0.3 is 9.80 Å². The Balaban J connectivity index is 1.88. The van der Waals surface area contributed by atoms with Crippen molar-refractivity contribution in [2.75, 3.05) is 9.80 Å². The topological polar surface area (TPSA) is 6.48 Å². The third-order valence-corrected chi connectivity index (χ3v) is 7.11. The molecule has 3 aromatic carbocycles. The van der Waals surface area contributed by atoms with Crippen molar-refractivity contribution in [3.8, 4) is 22.3 Å². The van der Waals surface area contributed by atoms with Crippen LogP contribution in [-0.2, 0) is 0 Å². The molecule has 0 fully saturated rings. The van der Waals surface area contributed by atoms with Gasteiger partial charge in [0.05, 0.1) is 0 Å². The van der Waals surface area contributed by atoms with E-state index in [1.54, 1.807) is 6.08 Å². The lowest BCUT2D eigenvalue weighted by Gasteiger charge is -2.27. The number of benzene rings is 3. The van der Waals surface area contributed by atoms with Crippen LogP contribution >= 0.6 is 0 Å². The van der Waals surface area contributed by atoms with E-state index in [0.29, 0.717) is 0 Å².